The normalized spacial score (nSPS) is 12.0. The fourth-order valence-electron chi connectivity index (χ4n) is 2.93. The highest BCUT2D eigenvalue weighted by atomic mass is 35.5. The molecule has 0 aliphatic carbocycles. The Morgan fingerprint density at radius 2 is 1.80 bits per heavy atom. The number of amides is 1. The first-order valence-corrected chi connectivity index (χ1v) is 10.1. The van der Waals surface area contributed by atoms with Crippen LogP contribution in [-0.2, 0) is 0 Å². The maximum Gasteiger partial charge on any atom is 0.255 e. The zero-order chi connectivity index (χ0) is 21.1. The van der Waals surface area contributed by atoms with Crippen molar-refractivity contribution >= 4 is 34.2 Å². The third-order valence-electron chi connectivity index (χ3n) is 4.71. The number of aromatic nitrogens is 3. The molecule has 1 N–H and O–H groups in total. The van der Waals surface area contributed by atoms with Gasteiger partial charge in [-0.2, -0.15) is 4.80 Å². The molecular formula is C23H21ClN4O2. The Morgan fingerprint density at radius 3 is 2.53 bits per heavy atom. The molecule has 30 heavy (non-hydrogen) atoms. The molecule has 4 rings (SSSR count). The van der Waals surface area contributed by atoms with Crippen molar-refractivity contribution in [3.8, 4) is 11.4 Å². The number of ether oxygens (including phenoxy) is 1. The highest BCUT2D eigenvalue weighted by Crippen LogP contribution is 2.28. The van der Waals surface area contributed by atoms with Crippen molar-refractivity contribution in [2.45, 2.75) is 26.4 Å². The highest BCUT2D eigenvalue weighted by Gasteiger charge is 2.14. The summed E-state index contributed by atoms with van der Waals surface area (Å²) >= 11 is 6.39. The lowest BCUT2D eigenvalue weighted by Crippen LogP contribution is -2.14. The summed E-state index contributed by atoms with van der Waals surface area (Å²) in [5.41, 5.74) is 3.08. The van der Waals surface area contributed by atoms with Crippen molar-refractivity contribution in [1.82, 2.24) is 15.0 Å². The van der Waals surface area contributed by atoms with Crippen molar-refractivity contribution in [3.63, 3.8) is 0 Å². The van der Waals surface area contributed by atoms with E-state index in [9.17, 15) is 4.79 Å². The average molecular weight is 421 g/mol. The van der Waals surface area contributed by atoms with Gasteiger partial charge in [0, 0.05) is 5.56 Å². The molecule has 0 saturated carbocycles. The highest BCUT2D eigenvalue weighted by molar-refractivity contribution is 6.34. The van der Waals surface area contributed by atoms with Gasteiger partial charge in [0.1, 0.15) is 16.8 Å². The van der Waals surface area contributed by atoms with Gasteiger partial charge in [-0.05, 0) is 55.8 Å². The lowest BCUT2D eigenvalue weighted by Gasteiger charge is -2.13. The molecule has 7 heteroatoms. The molecule has 0 saturated heterocycles. The van der Waals surface area contributed by atoms with E-state index in [0.717, 1.165) is 12.1 Å². The molecule has 1 atom stereocenters. The maximum absolute atomic E-state index is 12.8. The van der Waals surface area contributed by atoms with Crippen molar-refractivity contribution in [2.24, 2.45) is 0 Å². The van der Waals surface area contributed by atoms with Crippen LogP contribution in [0.1, 0.15) is 30.6 Å². The van der Waals surface area contributed by atoms with Crippen LogP contribution in [0.5, 0.6) is 5.75 Å². The van der Waals surface area contributed by atoms with Crippen molar-refractivity contribution in [1.29, 1.82) is 0 Å². The van der Waals surface area contributed by atoms with Gasteiger partial charge < -0.3 is 10.1 Å². The van der Waals surface area contributed by atoms with Gasteiger partial charge in [-0.3, -0.25) is 4.79 Å². The van der Waals surface area contributed by atoms with E-state index >= 15 is 0 Å². The third-order valence-corrected chi connectivity index (χ3v) is 5.03. The number of nitrogens with zero attached hydrogens (tertiary/aromatic N) is 3. The van der Waals surface area contributed by atoms with Crippen molar-refractivity contribution in [2.75, 3.05) is 5.32 Å². The second kappa shape index (κ2) is 8.55. The van der Waals surface area contributed by atoms with Crippen LogP contribution in [-0.4, -0.2) is 27.0 Å². The first-order valence-electron chi connectivity index (χ1n) is 9.73. The molecule has 0 aliphatic heterocycles. The summed E-state index contributed by atoms with van der Waals surface area (Å²) < 4.78 is 5.80. The van der Waals surface area contributed by atoms with Crippen LogP contribution in [0.3, 0.4) is 0 Å². The van der Waals surface area contributed by atoms with Crippen LogP contribution in [0.2, 0.25) is 5.02 Å². The Hall–Kier alpha value is -3.38. The summed E-state index contributed by atoms with van der Waals surface area (Å²) in [7, 11) is 0. The number of anilines is 1. The van der Waals surface area contributed by atoms with Crippen molar-refractivity contribution in [3.05, 3.63) is 77.3 Å². The van der Waals surface area contributed by atoms with E-state index in [-0.39, 0.29) is 12.0 Å². The fourth-order valence-corrected chi connectivity index (χ4v) is 3.14. The predicted octanol–water partition coefficient (Wildman–Crippen LogP) is 5.50. The van der Waals surface area contributed by atoms with E-state index in [2.05, 4.69) is 15.5 Å². The summed E-state index contributed by atoms with van der Waals surface area (Å²) in [5, 5.41) is 12.2. The van der Waals surface area contributed by atoms with Crippen molar-refractivity contribution < 1.29 is 9.53 Å². The second-order valence-electron chi connectivity index (χ2n) is 6.96. The Bertz CT molecular complexity index is 1190. The summed E-state index contributed by atoms with van der Waals surface area (Å²) in [4.78, 5) is 14.3. The third kappa shape index (κ3) is 4.28. The predicted molar refractivity (Wildman–Crippen MR) is 119 cm³/mol. The topological polar surface area (TPSA) is 69.0 Å². The minimum atomic E-state index is -0.277. The Morgan fingerprint density at radius 1 is 1.07 bits per heavy atom. The average Bonchev–Trinajstić information content (AvgIpc) is 3.17. The van der Waals surface area contributed by atoms with Gasteiger partial charge >= 0.3 is 0 Å². The number of hydrogen-bond donors (Lipinski definition) is 1. The zero-order valence-corrected chi connectivity index (χ0v) is 17.4. The van der Waals surface area contributed by atoms with E-state index in [0.29, 0.717) is 33.1 Å². The maximum atomic E-state index is 12.8. The van der Waals surface area contributed by atoms with Crippen LogP contribution in [0.4, 0.5) is 5.69 Å². The lowest BCUT2D eigenvalue weighted by molar-refractivity contribution is 0.102. The Kier molecular flexibility index (Phi) is 5.68. The monoisotopic (exact) mass is 420 g/mol. The van der Waals surface area contributed by atoms with Gasteiger partial charge in [0.25, 0.3) is 5.91 Å². The summed E-state index contributed by atoms with van der Waals surface area (Å²) in [5.74, 6) is 0.380. The van der Waals surface area contributed by atoms with E-state index in [1.54, 1.807) is 35.1 Å². The Balaban J connectivity index is 1.58. The minimum absolute atomic E-state index is 0.0763. The molecule has 0 aliphatic rings. The van der Waals surface area contributed by atoms with E-state index in [1.807, 2.05) is 50.2 Å². The number of halogens is 1. The van der Waals surface area contributed by atoms with E-state index in [4.69, 9.17) is 16.3 Å². The molecule has 1 heterocycles. The van der Waals surface area contributed by atoms with Gasteiger partial charge in [-0.1, -0.05) is 42.8 Å². The smallest absolute Gasteiger partial charge is 0.255 e. The molecular weight excluding hydrogens is 400 g/mol. The van der Waals surface area contributed by atoms with Crippen LogP contribution in [0.15, 0.2) is 66.7 Å². The molecule has 4 aromatic rings. The minimum Gasteiger partial charge on any atom is -0.491 e. The fraction of sp³-hybridized carbons (Fsp3) is 0.174. The number of fused-ring (bicyclic) bond motifs is 1. The molecule has 0 spiro atoms. The first-order chi connectivity index (χ1) is 14.5. The number of hydrogen-bond acceptors (Lipinski definition) is 4. The van der Waals surface area contributed by atoms with Gasteiger partial charge in [-0.15, -0.1) is 10.2 Å². The van der Waals surface area contributed by atoms with Crippen LogP contribution in [0.25, 0.3) is 16.7 Å². The quantitative estimate of drug-likeness (QED) is 0.447. The SMILES string of the molecule is CC[C@H](C)Oc1cccc(C(=O)Nc2cc3nn(-c4ccccc4)nc3cc2Cl)c1. The standard InChI is InChI=1S/C23H21ClN4O2/c1-3-15(2)30-18-11-7-8-16(12-18)23(29)25-20-14-22-21(13-19(20)24)26-28(27-22)17-9-5-4-6-10-17/h4-15H,3H2,1-2H3,(H,25,29)/t15-/m0/s1. The Labute approximate surface area is 179 Å². The number of rotatable bonds is 6. The summed E-state index contributed by atoms with van der Waals surface area (Å²) in [6.45, 7) is 4.04. The second-order valence-corrected chi connectivity index (χ2v) is 7.37. The molecule has 0 bridgehead atoms. The molecule has 0 unspecified atom stereocenters. The summed E-state index contributed by atoms with van der Waals surface area (Å²) in [6, 6.07) is 20.1. The number of carbonyl (C=O) groups is 1. The molecule has 152 valence electrons. The van der Waals surface area contributed by atoms with Crippen LogP contribution in [0, 0.1) is 0 Å². The first kappa shape index (κ1) is 19.9. The zero-order valence-electron chi connectivity index (χ0n) is 16.7. The number of para-hydroxylation sites is 1. The van der Waals surface area contributed by atoms with Crippen LogP contribution < -0.4 is 10.1 Å². The van der Waals surface area contributed by atoms with Gasteiger partial charge in [-0.25, -0.2) is 0 Å². The van der Waals surface area contributed by atoms with Gasteiger partial charge in [0.2, 0.25) is 0 Å². The number of nitrogens with one attached hydrogen (secondary N) is 1. The van der Waals surface area contributed by atoms with Crippen LogP contribution >= 0.6 is 11.6 Å². The largest absolute Gasteiger partial charge is 0.491 e. The molecule has 0 fully saturated rings. The van der Waals surface area contributed by atoms with E-state index < -0.39 is 0 Å². The molecule has 3 aromatic carbocycles. The lowest BCUT2D eigenvalue weighted by atomic mass is 10.2. The molecule has 1 amide bonds. The molecule has 1 aromatic heterocycles. The number of carbonyl (C=O) groups excluding carboxylic acids is 1. The van der Waals surface area contributed by atoms with Gasteiger partial charge in [0.05, 0.1) is 22.5 Å². The van der Waals surface area contributed by atoms with E-state index in [1.165, 1.54) is 0 Å². The molecule has 0 radical (unpaired) electrons. The number of benzene rings is 3. The van der Waals surface area contributed by atoms with Gasteiger partial charge in [0.15, 0.2) is 0 Å². The summed E-state index contributed by atoms with van der Waals surface area (Å²) in [6.07, 6.45) is 0.961. The molecule has 6 nitrogen and oxygen atoms in total.